The van der Waals surface area contributed by atoms with Crippen molar-refractivity contribution in [2.45, 2.75) is 77.7 Å². The van der Waals surface area contributed by atoms with Crippen molar-refractivity contribution in [3.63, 3.8) is 0 Å². The van der Waals surface area contributed by atoms with Gasteiger partial charge in [0.25, 0.3) is 11.8 Å². The molecule has 1 saturated heterocycles. The Labute approximate surface area is 315 Å². The smallest absolute Gasteiger partial charge is 0.271 e. The first-order chi connectivity index (χ1) is 25.3. The van der Waals surface area contributed by atoms with Gasteiger partial charge in [-0.25, -0.2) is 9.37 Å². The lowest BCUT2D eigenvalue weighted by Crippen LogP contribution is -2.48. The molecule has 1 aliphatic heterocycles. The number of nitrogens with one attached hydrogen (secondary N) is 3. The fourth-order valence-corrected chi connectivity index (χ4v) is 5.65. The molecule has 1 aromatic carbocycles. The lowest BCUT2D eigenvalue weighted by Gasteiger charge is -2.34. The van der Waals surface area contributed by atoms with Crippen LogP contribution in [0.5, 0.6) is 0 Å². The first-order valence-electron chi connectivity index (χ1n) is 18.7. The van der Waals surface area contributed by atoms with E-state index in [9.17, 15) is 18.8 Å². The minimum atomic E-state index is -0.551. The highest BCUT2D eigenvalue weighted by Crippen LogP contribution is 2.17. The predicted octanol–water partition coefficient (Wildman–Crippen LogP) is 3.31. The second-order valence-electron chi connectivity index (χ2n) is 14.4. The first-order valence-corrected chi connectivity index (χ1v) is 18.7. The lowest BCUT2D eigenvalue weighted by molar-refractivity contribution is -0.132. The number of amides is 3. The zero-order chi connectivity index (χ0) is 38.8. The van der Waals surface area contributed by atoms with Crippen LogP contribution in [0.25, 0.3) is 0 Å². The lowest BCUT2D eigenvalue weighted by atomic mass is 10.1. The summed E-state index contributed by atoms with van der Waals surface area (Å²) < 4.78 is 25.1. The van der Waals surface area contributed by atoms with Crippen molar-refractivity contribution in [1.82, 2.24) is 35.6 Å². The van der Waals surface area contributed by atoms with Crippen molar-refractivity contribution in [2.75, 3.05) is 80.2 Å². The number of rotatable bonds is 20. The molecule has 2 atom stereocenters. The van der Waals surface area contributed by atoms with Crippen molar-refractivity contribution in [3.05, 3.63) is 64.7 Å². The third-order valence-electron chi connectivity index (χ3n) is 9.18. The molecule has 0 saturated carbocycles. The maximum Gasteiger partial charge on any atom is 0.271 e. The second-order valence-corrected chi connectivity index (χ2v) is 14.4. The Balaban J connectivity index is 1.64. The van der Waals surface area contributed by atoms with E-state index in [2.05, 4.69) is 42.6 Å². The fraction of sp³-hybridized carbons (Fsp3) is 0.600. The normalized spacial score (nSPS) is 14.7. The zero-order valence-electron chi connectivity index (χ0n) is 32.7. The van der Waals surface area contributed by atoms with Crippen LogP contribution in [0.2, 0.25) is 0 Å². The molecule has 0 aliphatic carbocycles. The minimum absolute atomic E-state index is 0.0182. The summed E-state index contributed by atoms with van der Waals surface area (Å²) in [4.78, 5) is 50.2. The summed E-state index contributed by atoms with van der Waals surface area (Å²) in [5.74, 6) is 4.77. The molecular weight excluding hydrogens is 677 g/mol. The molecule has 0 spiro atoms. The average Bonchev–Trinajstić information content (AvgIpc) is 3.14. The molecule has 53 heavy (non-hydrogen) atoms. The number of pyridine rings is 1. The van der Waals surface area contributed by atoms with E-state index >= 15 is 0 Å². The second kappa shape index (κ2) is 22.3. The molecule has 1 fully saturated rings. The molecule has 13 heteroatoms. The largest absolute Gasteiger partial charge is 0.378 e. The number of ether oxygens (including phenoxy) is 2. The maximum absolute atomic E-state index is 13.6. The summed E-state index contributed by atoms with van der Waals surface area (Å²) in [5.41, 5.74) is 1.22. The first kappa shape index (κ1) is 43.5. The molecule has 2 unspecified atom stereocenters. The Morgan fingerprint density at radius 1 is 1.09 bits per heavy atom. The van der Waals surface area contributed by atoms with Gasteiger partial charge in [0.15, 0.2) is 0 Å². The maximum atomic E-state index is 13.6. The number of benzene rings is 1. The van der Waals surface area contributed by atoms with Crippen LogP contribution >= 0.6 is 0 Å². The van der Waals surface area contributed by atoms with E-state index in [1.807, 2.05) is 48.8 Å². The minimum Gasteiger partial charge on any atom is -0.378 e. The average molecular weight is 738 g/mol. The number of hydrogen-bond donors (Lipinski definition) is 3. The highest BCUT2D eigenvalue weighted by Gasteiger charge is 2.25. The van der Waals surface area contributed by atoms with Gasteiger partial charge in [-0.1, -0.05) is 30.9 Å². The van der Waals surface area contributed by atoms with Crippen LogP contribution in [0, 0.1) is 17.7 Å². The van der Waals surface area contributed by atoms with Gasteiger partial charge in [-0.2, -0.15) is 0 Å². The fourth-order valence-electron chi connectivity index (χ4n) is 5.65. The van der Waals surface area contributed by atoms with Crippen molar-refractivity contribution >= 4 is 17.7 Å². The van der Waals surface area contributed by atoms with Crippen molar-refractivity contribution in [2.24, 2.45) is 0 Å². The standard InChI is InChI=1S/C40H60FN7O5/c1-8-35(16-20-46(6)7)45-38(50)37-32(10-9-18-43-36(49)29-53-40(3,4)17-25-52-30(2)15-19-42-5)26-33(27-44-37)39(51)48-23-21-47(22-24-48)28-31-11-13-34(41)14-12-31/h11-14,26-27,30,35,42H,8,15-25,28-29H2,1-7H3,(H,43,49)(H,45,50). The molecule has 2 heterocycles. The molecule has 0 radical (unpaired) electrons. The topological polar surface area (TPSA) is 128 Å². The summed E-state index contributed by atoms with van der Waals surface area (Å²) in [6, 6.07) is 8.01. The van der Waals surface area contributed by atoms with E-state index in [0.29, 0.717) is 56.9 Å². The van der Waals surface area contributed by atoms with E-state index < -0.39 is 5.60 Å². The predicted molar refractivity (Wildman–Crippen MR) is 205 cm³/mol. The molecule has 292 valence electrons. The van der Waals surface area contributed by atoms with E-state index in [1.54, 1.807) is 23.1 Å². The molecule has 2 aromatic rings. The summed E-state index contributed by atoms with van der Waals surface area (Å²) in [6.07, 6.45) is 4.64. The third-order valence-corrected chi connectivity index (χ3v) is 9.18. The molecule has 3 amide bonds. The van der Waals surface area contributed by atoms with Gasteiger partial charge in [-0.3, -0.25) is 19.3 Å². The molecular formula is C40H60FN7O5. The molecule has 0 bridgehead atoms. The number of halogens is 1. The molecule has 12 nitrogen and oxygen atoms in total. The van der Waals surface area contributed by atoms with Gasteiger partial charge < -0.3 is 35.2 Å². The summed E-state index contributed by atoms with van der Waals surface area (Å²) >= 11 is 0. The number of nitrogens with zero attached hydrogens (tertiary/aromatic N) is 4. The Morgan fingerprint density at radius 2 is 1.81 bits per heavy atom. The molecule has 3 N–H and O–H groups in total. The van der Waals surface area contributed by atoms with Gasteiger partial charge in [-0.05, 0) is 104 Å². The van der Waals surface area contributed by atoms with Gasteiger partial charge >= 0.3 is 0 Å². The van der Waals surface area contributed by atoms with Crippen molar-refractivity contribution in [3.8, 4) is 11.8 Å². The Hall–Kier alpha value is -3.93. The van der Waals surface area contributed by atoms with Crippen LogP contribution in [0.4, 0.5) is 4.39 Å². The Bertz CT molecular complexity index is 1520. The van der Waals surface area contributed by atoms with Crippen LogP contribution in [-0.2, 0) is 20.8 Å². The summed E-state index contributed by atoms with van der Waals surface area (Å²) in [5, 5.41) is 8.94. The van der Waals surface area contributed by atoms with Gasteiger partial charge in [0.2, 0.25) is 5.91 Å². The van der Waals surface area contributed by atoms with Crippen LogP contribution in [0.15, 0.2) is 36.5 Å². The highest BCUT2D eigenvalue weighted by atomic mass is 19.1. The van der Waals surface area contributed by atoms with E-state index in [4.69, 9.17) is 9.47 Å². The Kier molecular flexibility index (Phi) is 18.3. The number of carbonyl (C=O) groups is 3. The number of piperazine rings is 1. The highest BCUT2D eigenvalue weighted by molar-refractivity contribution is 5.98. The van der Waals surface area contributed by atoms with Crippen LogP contribution < -0.4 is 16.0 Å². The number of hydrogen-bond acceptors (Lipinski definition) is 9. The summed E-state index contributed by atoms with van der Waals surface area (Å²) in [7, 11) is 5.89. The van der Waals surface area contributed by atoms with Gasteiger partial charge in [0, 0.05) is 51.6 Å². The SMILES string of the molecule is CCC(CCN(C)C)NC(=O)c1ncc(C(=O)N2CCN(Cc3ccc(F)cc3)CC2)cc1C#CCNC(=O)COC(C)(C)CCOC(C)CCNC. The zero-order valence-corrected chi connectivity index (χ0v) is 32.7. The van der Waals surface area contributed by atoms with Crippen molar-refractivity contribution < 1.29 is 28.2 Å². The monoisotopic (exact) mass is 737 g/mol. The summed E-state index contributed by atoms with van der Waals surface area (Å²) in [6.45, 7) is 13.0. The quantitative estimate of drug-likeness (QED) is 0.176. The number of carbonyl (C=O) groups excluding carboxylic acids is 3. The van der Waals surface area contributed by atoms with Gasteiger partial charge in [0.05, 0.1) is 29.4 Å². The third kappa shape index (κ3) is 15.9. The van der Waals surface area contributed by atoms with Crippen LogP contribution in [-0.4, -0.2) is 135 Å². The molecule has 1 aliphatic rings. The van der Waals surface area contributed by atoms with Gasteiger partial charge in [0.1, 0.15) is 18.1 Å². The van der Waals surface area contributed by atoms with Gasteiger partial charge in [-0.15, -0.1) is 0 Å². The van der Waals surface area contributed by atoms with E-state index in [1.165, 1.54) is 18.3 Å². The van der Waals surface area contributed by atoms with E-state index in [0.717, 1.165) is 37.9 Å². The molecule has 3 rings (SSSR count). The van der Waals surface area contributed by atoms with Crippen LogP contribution in [0.3, 0.4) is 0 Å². The van der Waals surface area contributed by atoms with Crippen LogP contribution in [0.1, 0.15) is 85.4 Å². The molecule has 1 aromatic heterocycles. The van der Waals surface area contributed by atoms with E-state index in [-0.39, 0.29) is 54.5 Å². The van der Waals surface area contributed by atoms with Crippen molar-refractivity contribution in [1.29, 1.82) is 0 Å². The Morgan fingerprint density at radius 3 is 2.47 bits per heavy atom. The number of aromatic nitrogens is 1.